The van der Waals surface area contributed by atoms with Gasteiger partial charge in [-0.3, -0.25) is 0 Å². The molecule has 0 spiro atoms. The topological polar surface area (TPSA) is 62.5 Å². The summed E-state index contributed by atoms with van der Waals surface area (Å²) in [7, 11) is 0. The molecule has 0 aliphatic heterocycles. The van der Waals surface area contributed by atoms with E-state index >= 15 is 0 Å². The van der Waals surface area contributed by atoms with Gasteiger partial charge in [0.25, 0.3) is 0 Å². The van der Waals surface area contributed by atoms with E-state index < -0.39 is 0 Å². The Balaban J connectivity index is 2.11. The number of rotatable bonds is 4. The zero-order valence-corrected chi connectivity index (χ0v) is 11.3. The minimum Gasteiger partial charge on any atom is -0.391 e. The van der Waals surface area contributed by atoms with Crippen molar-refractivity contribution in [2.24, 2.45) is 5.92 Å². The number of hydrogen-bond acceptors (Lipinski definition) is 4. The smallest absolute Gasteiger partial charge is 0.171 e. The lowest BCUT2D eigenvalue weighted by Gasteiger charge is -2.15. The van der Waals surface area contributed by atoms with Crippen molar-refractivity contribution >= 4 is 27.4 Å². The van der Waals surface area contributed by atoms with Crippen LogP contribution in [0.15, 0.2) is 22.9 Å². The van der Waals surface area contributed by atoms with Crippen LogP contribution >= 0.6 is 15.9 Å². The first-order valence-electron chi connectivity index (χ1n) is 5.49. The Morgan fingerprint density at radius 3 is 3.00 bits per heavy atom. The molecule has 2 heterocycles. The second kappa shape index (κ2) is 5.01. The second-order valence-corrected chi connectivity index (χ2v) is 5.12. The molecule has 2 aromatic rings. The standard InChI is InChI=1S/C11H15BrN4O/c1-7(2)9(17)6-13-10-3-4-16-11(15-10)8(12)5-14-16/h3-5,7,9,17H,6H2,1-2H3,(H,13,15). The summed E-state index contributed by atoms with van der Waals surface area (Å²) in [6.45, 7) is 4.46. The highest BCUT2D eigenvalue weighted by atomic mass is 79.9. The minimum atomic E-state index is -0.374. The van der Waals surface area contributed by atoms with Gasteiger partial charge in [0, 0.05) is 12.7 Å². The van der Waals surface area contributed by atoms with Crippen molar-refractivity contribution in [1.82, 2.24) is 14.6 Å². The largest absolute Gasteiger partial charge is 0.391 e. The number of aliphatic hydroxyl groups is 1. The second-order valence-electron chi connectivity index (χ2n) is 4.27. The van der Waals surface area contributed by atoms with Crippen LogP contribution < -0.4 is 5.32 Å². The average molecular weight is 299 g/mol. The van der Waals surface area contributed by atoms with Crippen molar-refractivity contribution in [3.63, 3.8) is 0 Å². The van der Waals surface area contributed by atoms with E-state index in [0.717, 1.165) is 15.9 Å². The van der Waals surface area contributed by atoms with Gasteiger partial charge in [-0.15, -0.1) is 0 Å². The molecule has 0 fully saturated rings. The molecule has 0 saturated carbocycles. The van der Waals surface area contributed by atoms with Gasteiger partial charge in [-0.05, 0) is 27.9 Å². The predicted octanol–water partition coefficient (Wildman–Crippen LogP) is 1.92. The van der Waals surface area contributed by atoms with Crippen LogP contribution in [0.1, 0.15) is 13.8 Å². The first-order chi connectivity index (χ1) is 8.08. The number of fused-ring (bicyclic) bond motifs is 1. The highest BCUT2D eigenvalue weighted by Crippen LogP contribution is 2.16. The Bertz CT molecular complexity index is 511. The SMILES string of the molecule is CC(C)C(O)CNc1ccn2ncc(Br)c2n1. The van der Waals surface area contributed by atoms with E-state index in [1.54, 1.807) is 10.7 Å². The fourth-order valence-electron chi connectivity index (χ4n) is 1.38. The summed E-state index contributed by atoms with van der Waals surface area (Å²) in [5, 5.41) is 16.9. The van der Waals surface area contributed by atoms with E-state index in [2.05, 4.69) is 31.3 Å². The van der Waals surface area contributed by atoms with Gasteiger partial charge in [0.2, 0.25) is 0 Å². The predicted molar refractivity (Wildman–Crippen MR) is 70.0 cm³/mol. The van der Waals surface area contributed by atoms with Crippen LogP contribution in [0.25, 0.3) is 5.65 Å². The number of halogens is 1. The van der Waals surface area contributed by atoms with Gasteiger partial charge in [0.1, 0.15) is 5.82 Å². The summed E-state index contributed by atoms with van der Waals surface area (Å²) in [5.74, 6) is 0.964. The van der Waals surface area contributed by atoms with Crippen molar-refractivity contribution in [2.45, 2.75) is 20.0 Å². The Labute approximate surface area is 108 Å². The zero-order chi connectivity index (χ0) is 12.4. The van der Waals surface area contributed by atoms with Gasteiger partial charge in [-0.2, -0.15) is 5.10 Å². The molecule has 17 heavy (non-hydrogen) atoms. The molecule has 1 unspecified atom stereocenters. The van der Waals surface area contributed by atoms with Crippen LogP contribution in [-0.4, -0.2) is 32.4 Å². The van der Waals surface area contributed by atoms with Crippen LogP contribution in [0.5, 0.6) is 0 Å². The summed E-state index contributed by atoms with van der Waals surface area (Å²) >= 11 is 3.38. The fraction of sp³-hybridized carbons (Fsp3) is 0.455. The molecular formula is C11H15BrN4O. The molecule has 92 valence electrons. The number of aromatic nitrogens is 3. The number of anilines is 1. The van der Waals surface area contributed by atoms with Crippen LogP contribution in [0.3, 0.4) is 0 Å². The molecule has 1 atom stereocenters. The summed E-state index contributed by atoms with van der Waals surface area (Å²) in [6, 6.07) is 1.83. The molecule has 2 N–H and O–H groups in total. The fourth-order valence-corrected chi connectivity index (χ4v) is 1.75. The van der Waals surface area contributed by atoms with E-state index in [0.29, 0.717) is 6.54 Å². The molecule has 0 bridgehead atoms. The number of hydrogen-bond donors (Lipinski definition) is 2. The Morgan fingerprint density at radius 1 is 1.53 bits per heavy atom. The monoisotopic (exact) mass is 298 g/mol. The third kappa shape index (κ3) is 2.76. The van der Waals surface area contributed by atoms with Gasteiger partial charge in [0.15, 0.2) is 5.65 Å². The molecule has 0 aliphatic carbocycles. The van der Waals surface area contributed by atoms with E-state index in [1.165, 1.54) is 0 Å². The third-order valence-corrected chi connectivity index (χ3v) is 3.15. The quantitative estimate of drug-likeness (QED) is 0.905. The maximum Gasteiger partial charge on any atom is 0.171 e. The molecule has 6 heteroatoms. The van der Waals surface area contributed by atoms with E-state index in [9.17, 15) is 5.11 Å². The molecule has 2 aromatic heterocycles. The van der Waals surface area contributed by atoms with E-state index in [4.69, 9.17) is 0 Å². The van der Waals surface area contributed by atoms with E-state index in [-0.39, 0.29) is 12.0 Å². The first kappa shape index (κ1) is 12.3. The van der Waals surface area contributed by atoms with Gasteiger partial charge in [-0.1, -0.05) is 13.8 Å². The highest BCUT2D eigenvalue weighted by molar-refractivity contribution is 9.10. The number of aliphatic hydroxyl groups excluding tert-OH is 1. The molecule has 5 nitrogen and oxygen atoms in total. The van der Waals surface area contributed by atoms with Crippen LogP contribution in [0.4, 0.5) is 5.82 Å². The summed E-state index contributed by atoms with van der Waals surface area (Å²) < 4.78 is 2.54. The Morgan fingerprint density at radius 2 is 2.29 bits per heavy atom. The van der Waals surface area contributed by atoms with E-state index in [1.807, 2.05) is 26.1 Å². The van der Waals surface area contributed by atoms with Crippen molar-refractivity contribution in [3.05, 3.63) is 22.9 Å². The van der Waals surface area contributed by atoms with Gasteiger partial charge >= 0.3 is 0 Å². The Kier molecular flexibility index (Phi) is 3.63. The molecule has 0 saturated heterocycles. The lowest BCUT2D eigenvalue weighted by Crippen LogP contribution is -2.25. The molecule has 2 rings (SSSR count). The average Bonchev–Trinajstić information content (AvgIpc) is 2.68. The number of nitrogens with zero attached hydrogens (tertiary/aromatic N) is 3. The maximum absolute atomic E-state index is 9.70. The normalized spacial score (nSPS) is 13.2. The maximum atomic E-state index is 9.70. The van der Waals surface area contributed by atoms with Crippen LogP contribution in [0.2, 0.25) is 0 Å². The lowest BCUT2D eigenvalue weighted by molar-refractivity contribution is 0.138. The Hall–Kier alpha value is -1.14. The first-order valence-corrected chi connectivity index (χ1v) is 6.29. The van der Waals surface area contributed by atoms with Gasteiger partial charge in [0.05, 0.1) is 16.8 Å². The summed E-state index contributed by atoms with van der Waals surface area (Å²) in [5.41, 5.74) is 0.758. The summed E-state index contributed by atoms with van der Waals surface area (Å²) in [6.07, 6.45) is 3.16. The minimum absolute atomic E-state index is 0.230. The van der Waals surface area contributed by atoms with Gasteiger partial charge < -0.3 is 10.4 Å². The lowest BCUT2D eigenvalue weighted by atomic mass is 10.1. The molecular weight excluding hydrogens is 284 g/mol. The molecule has 0 amide bonds. The number of nitrogens with one attached hydrogen (secondary N) is 1. The van der Waals surface area contributed by atoms with Crippen molar-refractivity contribution in [2.75, 3.05) is 11.9 Å². The molecule has 0 aliphatic rings. The molecule has 0 aromatic carbocycles. The summed E-state index contributed by atoms with van der Waals surface area (Å²) in [4.78, 5) is 4.40. The highest BCUT2D eigenvalue weighted by Gasteiger charge is 2.09. The van der Waals surface area contributed by atoms with Crippen molar-refractivity contribution in [3.8, 4) is 0 Å². The van der Waals surface area contributed by atoms with Crippen LogP contribution in [0, 0.1) is 5.92 Å². The van der Waals surface area contributed by atoms with Crippen molar-refractivity contribution < 1.29 is 5.11 Å². The third-order valence-electron chi connectivity index (χ3n) is 2.59. The molecule has 0 radical (unpaired) electrons. The van der Waals surface area contributed by atoms with Crippen molar-refractivity contribution in [1.29, 1.82) is 0 Å². The zero-order valence-electron chi connectivity index (χ0n) is 9.76. The van der Waals surface area contributed by atoms with Gasteiger partial charge in [-0.25, -0.2) is 9.50 Å². The van der Waals surface area contributed by atoms with Crippen LogP contribution in [-0.2, 0) is 0 Å².